The van der Waals surface area contributed by atoms with Gasteiger partial charge in [-0.3, -0.25) is 0 Å². The Kier molecular flexibility index (Phi) is 3.96. The fraction of sp³-hybridized carbons (Fsp3) is 0.286. The van der Waals surface area contributed by atoms with Gasteiger partial charge in [-0.1, -0.05) is 27.5 Å². The summed E-state index contributed by atoms with van der Waals surface area (Å²) < 4.78 is 6.94. The van der Waals surface area contributed by atoms with Crippen molar-refractivity contribution in [1.82, 2.24) is 0 Å². The van der Waals surface area contributed by atoms with Crippen LogP contribution in [0.5, 0.6) is 5.75 Å². The van der Waals surface area contributed by atoms with E-state index in [9.17, 15) is 0 Å². The van der Waals surface area contributed by atoms with Gasteiger partial charge in [-0.25, -0.2) is 0 Å². The third-order valence-corrected chi connectivity index (χ3v) is 6.89. The van der Waals surface area contributed by atoms with Gasteiger partial charge in [0.05, 0.1) is 15.2 Å². The number of alkyl halides is 1. The molecule has 19 heavy (non-hydrogen) atoms. The molecule has 1 nitrogen and oxygen atoms in total. The van der Waals surface area contributed by atoms with Crippen LogP contribution in [0.25, 0.3) is 0 Å². The molecule has 0 amide bonds. The molecule has 0 spiro atoms. The van der Waals surface area contributed by atoms with Crippen molar-refractivity contribution in [1.29, 1.82) is 0 Å². The van der Waals surface area contributed by atoms with E-state index in [1.54, 1.807) is 11.3 Å². The second kappa shape index (κ2) is 5.40. The largest absolute Gasteiger partial charge is 0.493 e. The lowest BCUT2D eigenvalue weighted by Crippen LogP contribution is -1.95. The van der Waals surface area contributed by atoms with Gasteiger partial charge in [0.1, 0.15) is 5.75 Å². The summed E-state index contributed by atoms with van der Waals surface area (Å²) >= 11 is 15.3. The zero-order valence-electron chi connectivity index (χ0n) is 10.2. The van der Waals surface area contributed by atoms with Crippen LogP contribution in [0.15, 0.2) is 22.0 Å². The lowest BCUT2D eigenvalue weighted by Gasteiger charge is -2.13. The zero-order valence-corrected chi connectivity index (χ0v) is 14.9. The molecule has 2 heterocycles. The SMILES string of the molecule is Cc1cc(C(Br)c2cc(Cl)cc3c2OCC3)sc1Br. The highest BCUT2D eigenvalue weighted by Gasteiger charge is 2.24. The number of benzene rings is 1. The molecule has 100 valence electrons. The average molecular weight is 423 g/mol. The highest BCUT2D eigenvalue weighted by molar-refractivity contribution is 9.11. The Morgan fingerprint density at radius 3 is 2.84 bits per heavy atom. The second-order valence-electron chi connectivity index (χ2n) is 4.55. The molecule has 0 saturated heterocycles. The predicted molar refractivity (Wildman–Crippen MR) is 88.2 cm³/mol. The lowest BCUT2D eigenvalue weighted by molar-refractivity contribution is 0.354. The molecule has 1 aliphatic rings. The smallest absolute Gasteiger partial charge is 0.127 e. The van der Waals surface area contributed by atoms with Crippen LogP contribution < -0.4 is 4.74 Å². The molecule has 1 unspecified atom stereocenters. The van der Waals surface area contributed by atoms with Crippen LogP contribution in [0.3, 0.4) is 0 Å². The highest BCUT2D eigenvalue weighted by atomic mass is 79.9. The second-order valence-corrected chi connectivity index (χ2v) is 8.30. The Morgan fingerprint density at radius 1 is 1.37 bits per heavy atom. The van der Waals surface area contributed by atoms with Gasteiger partial charge in [0.15, 0.2) is 0 Å². The van der Waals surface area contributed by atoms with E-state index in [-0.39, 0.29) is 4.83 Å². The van der Waals surface area contributed by atoms with Gasteiger partial charge in [-0.2, -0.15) is 0 Å². The number of ether oxygens (including phenoxy) is 1. The minimum Gasteiger partial charge on any atom is -0.493 e. The van der Waals surface area contributed by atoms with E-state index in [0.717, 1.165) is 29.4 Å². The Labute approximate surface area is 138 Å². The molecule has 0 N–H and O–H groups in total. The summed E-state index contributed by atoms with van der Waals surface area (Å²) in [6, 6.07) is 6.19. The first-order chi connectivity index (χ1) is 9.06. The van der Waals surface area contributed by atoms with Gasteiger partial charge in [0, 0.05) is 21.9 Å². The van der Waals surface area contributed by atoms with E-state index in [4.69, 9.17) is 16.3 Å². The number of thiophene rings is 1. The van der Waals surface area contributed by atoms with Crippen molar-refractivity contribution in [3.05, 3.63) is 48.6 Å². The fourth-order valence-corrected chi connectivity index (χ4v) is 4.82. The van der Waals surface area contributed by atoms with E-state index in [1.807, 2.05) is 12.1 Å². The van der Waals surface area contributed by atoms with Crippen LogP contribution in [0, 0.1) is 6.92 Å². The molecule has 3 rings (SSSR count). The first-order valence-corrected chi connectivity index (χ1v) is 8.81. The average Bonchev–Trinajstić information content (AvgIpc) is 2.95. The number of rotatable bonds is 2. The summed E-state index contributed by atoms with van der Waals surface area (Å²) in [6.45, 7) is 2.85. The van der Waals surface area contributed by atoms with E-state index >= 15 is 0 Å². The monoisotopic (exact) mass is 420 g/mol. The molecule has 2 aromatic rings. The molecule has 1 aliphatic heterocycles. The molecule has 0 fully saturated rings. The van der Waals surface area contributed by atoms with Gasteiger partial charge >= 0.3 is 0 Å². The molecule has 1 aromatic heterocycles. The number of fused-ring (bicyclic) bond motifs is 1. The highest BCUT2D eigenvalue weighted by Crippen LogP contribution is 2.45. The number of hydrogen-bond donors (Lipinski definition) is 0. The summed E-state index contributed by atoms with van der Waals surface area (Å²) in [5, 5.41) is 0.774. The van der Waals surface area contributed by atoms with Crippen molar-refractivity contribution in [3.63, 3.8) is 0 Å². The Balaban J connectivity index is 2.07. The van der Waals surface area contributed by atoms with Crippen molar-refractivity contribution >= 4 is 54.8 Å². The quantitative estimate of drug-likeness (QED) is 0.548. The molecule has 0 saturated carbocycles. The predicted octanol–water partition coefficient (Wildman–Crippen LogP) is 5.89. The van der Waals surface area contributed by atoms with Gasteiger partial charge in [-0.05, 0) is 52.2 Å². The van der Waals surface area contributed by atoms with Crippen molar-refractivity contribution < 1.29 is 4.74 Å². The van der Waals surface area contributed by atoms with Gasteiger partial charge in [-0.15, -0.1) is 11.3 Å². The maximum absolute atomic E-state index is 6.21. The first-order valence-electron chi connectivity index (χ1n) is 5.91. The van der Waals surface area contributed by atoms with Crippen LogP contribution in [-0.4, -0.2) is 6.61 Å². The van der Waals surface area contributed by atoms with Gasteiger partial charge in [0.25, 0.3) is 0 Å². The van der Waals surface area contributed by atoms with Crippen molar-refractivity contribution in [3.8, 4) is 5.75 Å². The van der Waals surface area contributed by atoms with E-state index in [1.165, 1.54) is 19.8 Å². The minimum atomic E-state index is 0.119. The normalized spacial score (nSPS) is 15.2. The number of halogens is 3. The molecule has 0 radical (unpaired) electrons. The topological polar surface area (TPSA) is 9.23 Å². The van der Waals surface area contributed by atoms with E-state index in [0.29, 0.717) is 0 Å². The van der Waals surface area contributed by atoms with Crippen LogP contribution in [-0.2, 0) is 6.42 Å². The zero-order chi connectivity index (χ0) is 13.6. The standard InChI is InChI=1S/C14H11Br2ClOS/c1-7-4-11(19-14(7)16)12(15)10-6-9(17)5-8-2-3-18-13(8)10/h4-6,12H,2-3H2,1H3. The van der Waals surface area contributed by atoms with Crippen molar-refractivity contribution in [2.75, 3.05) is 6.61 Å². The third kappa shape index (κ3) is 2.60. The maximum atomic E-state index is 6.21. The Morgan fingerprint density at radius 2 is 2.16 bits per heavy atom. The summed E-state index contributed by atoms with van der Waals surface area (Å²) in [7, 11) is 0. The van der Waals surface area contributed by atoms with Gasteiger partial charge in [0.2, 0.25) is 0 Å². The summed E-state index contributed by atoms with van der Waals surface area (Å²) in [4.78, 5) is 1.37. The summed E-state index contributed by atoms with van der Waals surface area (Å²) in [6.07, 6.45) is 0.940. The van der Waals surface area contributed by atoms with E-state index < -0.39 is 0 Å². The van der Waals surface area contributed by atoms with Crippen LogP contribution >= 0.6 is 54.8 Å². The third-order valence-electron chi connectivity index (χ3n) is 3.18. The molecule has 5 heteroatoms. The van der Waals surface area contributed by atoms with Crippen LogP contribution in [0.2, 0.25) is 5.02 Å². The Bertz CT molecular complexity index is 619. The fourth-order valence-electron chi connectivity index (χ4n) is 2.25. The van der Waals surface area contributed by atoms with Gasteiger partial charge < -0.3 is 4.74 Å². The summed E-state index contributed by atoms with van der Waals surface area (Å²) in [5.41, 5.74) is 3.58. The first kappa shape index (κ1) is 13.9. The number of hydrogen-bond acceptors (Lipinski definition) is 2. The maximum Gasteiger partial charge on any atom is 0.127 e. The molecule has 1 aromatic carbocycles. The van der Waals surface area contributed by atoms with E-state index in [2.05, 4.69) is 44.8 Å². The minimum absolute atomic E-state index is 0.119. The Hall–Kier alpha value is -0.0300. The number of aryl methyl sites for hydroxylation is 1. The van der Waals surface area contributed by atoms with Crippen molar-refractivity contribution in [2.24, 2.45) is 0 Å². The van der Waals surface area contributed by atoms with Crippen molar-refractivity contribution in [2.45, 2.75) is 18.2 Å². The van der Waals surface area contributed by atoms with Crippen LogP contribution in [0.1, 0.15) is 26.4 Å². The molecule has 0 bridgehead atoms. The molecular formula is C14H11Br2ClOS. The molecular weight excluding hydrogens is 411 g/mol. The molecule has 0 aliphatic carbocycles. The van der Waals surface area contributed by atoms with Crippen LogP contribution in [0.4, 0.5) is 0 Å². The lowest BCUT2D eigenvalue weighted by atomic mass is 10.0. The summed E-state index contributed by atoms with van der Waals surface area (Å²) in [5.74, 6) is 0.994. The molecule has 1 atom stereocenters.